The Morgan fingerprint density at radius 2 is 2.04 bits per heavy atom. The Hall–Kier alpha value is -2.40. The number of amides is 1. The second-order valence-electron chi connectivity index (χ2n) is 8.11. The number of likely N-dealkylation sites (N-methyl/N-ethyl adjacent to an activating group) is 1. The predicted molar refractivity (Wildman–Crippen MR) is 112 cm³/mol. The summed E-state index contributed by atoms with van der Waals surface area (Å²) in [4.78, 5) is 25.9. The zero-order valence-corrected chi connectivity index (χ0v) is 17.1. The Labute approximate surface area is 167 Å². The van der Waals surface area contributed by atoms with E-state index in [0.717, 1.165) is 49.7 Å². The van der Waals surface area contributed by atoms with Crippen molar-refractivity contribution >= 4 is 11.5 Å². The summed E-state index contributed by atoms with van der Waals surface area (Å²) in [5.74, 6) is 1.46. The van der Waals surface area contributed by atoms with Gasteiger partial charge in [0.2, 0.25) is 5.91 Å². The topological polar surface area (TPSA) is 52.2 Å². The lowest BCUT2D eigenvalue weighted by Gasteiger charge is -2.30. The molecule has 0 radical (unpaired) electrons. The van der Waals surface area contributed by atoms with Gasteiger partial charge in [-0.1, -0.05) is 43.3 Å². The molecule has 148 valence electrons. The smallest absolute Gasteiger partial charge is 0.227 e. The molecule has 0 aliphatic carbocycles. The van der Waals surface area contributed by atoms with Crippen molar-refractivity contribution in [2.75, 3.05) is 33.2 Å². The summed E-state index contributed by atoms with van der Waals surface area (Å²) >= 11 is 0. The fourth-order valence-electron chi connectivity index (χ4n) is 4.61. The Morgan fingerprint density at radius 1 is 1.25 bits per heavy atom. The van der Waals surface area contributed by atoms with Crippen molar-refractivity contribution < 1.29 is 4.79 Å². The number of hydrogen-bond acceptors (Lipinski definition) is 3. The molecule has 1 fully saturated rings. The quantitative estimate of drug-likeness (QED) is 0.889. The van der Waals surface area contributed by atoms with Crippen molar-refractivity contribution in [3.8, 4) is 0 Å². The lowest BCUT2D eigenvalue weighted by Crippen LogP contribution is -2.41. The molecule has 1 amide bonds. The second-order valence-corrected chi connectivity index (χ2v) is 8.11. The molecule has 2 aliphatic heterocycles. The molecule has 28 heavy (non-hydrogen) atoms. The number of carbonyl (C=O) groups is 1. The normalized spacial score (nSPS) is 23.1. The third kappa shape index (κ3) is 3.63. The molecule has 5 nitrogen and oxygen atoms in total. The maximum absolute atomic E-state index is 13.4. The van der Waals surface area contributed by atoms with Crippen molar-refractivity contribution in [2.24, 2.45) is 5.92 Å². The van der Waals surface area contributed by atoms with E-state index in [1.54, 1.807) is 0 Å². The van der Waals surface area contributed by atoms with E-state index in [2.05, 4.69) is 61.1 Å². The first kappa shape index (κ1) is 18.9. The van der Waals surface area contributed by atoms with E-state index in [-0.39, 0.29) is 17.7 Å². The van der Waals surface area contributed by atoms with E-state index in [0.29, 0.717) is 6.54 Å². The number of aromatic amines is 1. The average Bonchev–Trinajstić information content (AvgIpc) is 3.30. The highest BCUT2D eigenvalue weighted by Crippen LogP contribution is 2.35. The van der Waals surface area contributed by atoms with Crippen LogP contribution in [0.2, 0.25) is 0 Å². The largest absolute Gasteiger partial charge is 0.346 e. The first-order valence-electron chi connectivity index (χ1n) is 10.3. The maximum Gasteiger partial charge on any atom is 0.227 e. The summed E-state index contributed by atoms with van der Waals surface area (Å²) in [6.45, 7) is 7.39. The lowest BCUT2D eigenvalue weighted by molar-refractivity contribution is -0.135. The molecule has 5 heteroatoms. The van der Waals surface area contributed by atoms with Gasteiger partial charge in [-0.15, -0.1) is 0 Å². The Kier molecular flexibility index (Phi) is 5.36. The summed E-state index contributed by atoms with van der Waals surface area (Å²) in [6.07, 6.45) is 4.03. The van der Waals surface area contributed by atoms with Gasteiger partial charge in [-0.25, -0.2) is 4.98 Å². The fourth-order valence-corrected chi connectivity index (χ4v) is 4.61. The van der Waals surface area contributed by atoms with Gasteiger partial charge in [-0.3, -0.25) is 4.79 Å². The zero-order chi connectivity index (χ0) is 19.7. The van der Waals surface area contributed by atoms with Crippen LogP contribution in [-0.2, 0) is 11.2 Å². The highest BCUT2D eigenvalue weighted by molar-refractivity contribution is 5.82. The third-order valence-corrected chi connectivity index (χ3v) is 6.14. The van der Waals surface area contributed by atoms with Crippen molar-refractivity contribution in [1.29, 1.82) is 0 Å². The van der Waals surface area contributed by atoms with Crippen LogP contribution in [0.15, 0.2) is 36.4 Å². The molecular formula is C23H30N4O. The SMILES string of the molecule is CCc1nc([C@H]2CN(C)C[C@@H]2C(=O)N2CC=C(c3ccccc3)CC2)c(C)[nH]1. The minimum Gasteiger partial charge on any atom is -0.346 e. The molecule has 0 spiro atoms. The third-order valence-electron chi connectivity index (χ3n) is 6.14. The first-order chi connectivity index (χ1) is 13.6. The van der Waals surface area contributed by atoms with Crippen LogP contribution in [0.3, 0.4) is 0 Å². The fraction of sp³-hybridized carbons (Fsp3) is 0.478. The Morgan fingerprint density at radius 3 is 2.68 bits per heavy atom. The van der Waals surface area contributed by atoms with Gasteiger partial charge in [0, 0.05) is 44.2 Å². The molecule has 1 aromatic carbocycles. The van der Waals surface area contributed by atoms with Gasteiger partial charge in [-0.05, 0) is 31.5 Å². The molecule has 0 bridgehead atoms. The van der Waals surface area contributed by atoms with Crippen molar-refractivity contribution in [2.45, 2.75) is 32.6 Å². The van der Waals surface area contributed by atoms with Crippen LogP contribution < -0.4 is 0 Å². The molecule has 2 aromatic rings. The Balaban J connectivity index is 1.50. The van der Waals surface area contributed by atoms with Crippen molar-refractivity contribution in [3.05, 3.63) is 59.2 Å². The Bertz CT molecular complexity index is 870. The van der Waals surface area contributed by atoms with Crippen LogP contribution >= 0.6 is 0 Å². The van der Waals surface area contributed by atoms with Crippen LogP contribution in [0.5, 0.6) is 0 Å². The second kappa shape index (κ2) is 7.92. The van der Waals surface area contributed by atoms with Crippen molar-refractivity contribution in [1.82, 2.24) is 19.8 Å². The minimum atomic E-state index is -0.0108. The summed E-state index contributed by atoms with van der Waals surface area (Å²) in [5.41, 5.74) is 4.81. The van der Waals surface area contributed by atoms with Crippen LogP contribution in [-0.4, -0.2) is 58.9 Å². The summed E-state index contributed by atoms with van der Waals surface area (Å²) in [5, 5.41) is 0. The molecule has 1 saturated heterocycles. The van der Waals surface area contributed by atoms with Gasteiger partial charge < -0.3 is 14.8 Å². The molecule has 2 atom stereocenters. The van der Waals surface area contributed by atoms with E-state index in [4.69, 9.17) is 4.98 Å². The average molecular weight is 379 g/mol. The molecule has 0 saturated carbocycles. The number of rotatable bonds is 4. The lowest BCUT2D eigenvalue weighted by atomic mass is 9.90. The van der Waals surface area contributed by atoms with Gasteiger partial charge in [-0.2, -0.15) is 0 Å². The van der Waals surface area contributed by atoms with Gasteiger partial charge in [0.25, 0.3) is 0 Å². The van der Waals surface area contributed by atoms with E-state index >= 15 is 0 Å². The maximum atomic E-state index is 13.4. The molecule has 1 aromatic heterocycles. The van der Waals surface area contributed by atoms with Crippen LogP contribution in [0, 0.1) is 12.8 Å². The van der Waals surface area contributed by atoms with E-state index in [1.165, 1.54) is 11.1 Å². The number of carbonyl (C=O) groups excluding carboxylic acids is 1. The number of aromatic nitrogens is 2. The van der Waals surface area contributed by atoms with E-state index < -0.39 is 0 Å². The highest BCUT2D eigenvalue weighted by Gasteiger charge is 2.41. The van der Waals surface area contributed by atoms with Crippen LogP contribution in [0.4, 0.5) is 0 Å². The summed E-state index contributed by atoms with van der Waals surface area (Å²) < 4.78 is 0. The van der Waals surface area contributed by atoms with Crippen LogP contribution in [0.25, 0.3) is 5.57 Å². The van der Waals surface area contributed by atoms with Gasteiger partial charge in [0.05, 0.1) is 11.6 Å². The predicted octanol–water partition coefficient (Wildman–Crippen LogP) is 3.24. The van der Waals surface area contributed by atoms with Gasteiger partial charge in [0.15, 0.2) is 0 Å². The molecule has 1 N–H and O–H groups in total. The standard InChI is InChI=1S/C23H30N4O/c1-4-21-24-16(2)22(25-21)19-14-26(3)15-20(19)23(28)27-12-10-18(11-13-27)17-8-6-5-7-9-17/h5-10,19-20H,4,11-15H2,1-3H3,(H,24,25)/t19-,20-/m0/s1. The van der Waals surface area contributed by atoms with E-state index in [1.807, 2.05) is 11.0 Å². The van der Waals surface area contributed by atoms with Gasteiger partial charge >= 0.3 is 0 Å². The number of aryl methyl sites for hydroxylation is 2. The number of benzene rings is 1. The summed E-state index contributed by atoms with van der Waals surface area (Å²) in [7, 11) is 2.10. The van der Waals surface area contributed by atoms with E-state index in [9.17, 15) is 4.79 Å². The highest BCUT2D eigenvalue weighted by atomic mass is 16.2. The zero-order valence-electron chi connectivity index (χ0n) is 17.1. The molecule has 0 unspecified atom stereocenters. The number of H-pyrrole nitrogens is 1. The number of nitrogens with one attached hydrogen (secondary N) is 1. The summed E-state index contributed by atoms with van der Waals surface area (Å²) in [6, 6.07) is 10.5. The number of nitrogens with zero attached hydrogens (tertiary/aromatic N) is 3. The molecular weight excluding hydrogens is 348 g/mol. The first-order valence-corrected chi connectivity index (χ1v) is 10.3. The molecule has 2 aliphatic rings. The minimum absolute atomic E-state index is 0.0108. The molecule has 3 heterocycles. The number of hydrogen-bond donors (Lipinski definition) is 1. The number of imidazole rings is 1. The van der Waals surface area contributed by atoms with Crippen LogP contribution in [0.1, 0.15) is 42.0 Å². The molecule has 4 rings (SSSR count). The monoisotopic (exact) mass is 378 g/mol. The van der Waals surface area contributed by atoms with Crippen molar-refractivity contribution in [3.63, 3.8) is 0 Å². The number of likely N-dealkylation sites (tertiary alicyclic amines) is 1. The van der Waals surface area contributed by atoms with Gasteiger partial charge in [0.1, 0.15) is 5.82 Å².